The molecule has 2 unspecified atom stereocenters. The van der Waals surface area contributed by atoms with Gasteiger partial charge in [-0.3, -0.25) is 0 Å². The first-order chi connectivity index (χ1) is 12.2. The van der Waals surface area contributed by atoms with Gasteiger partial charge in [-0.05, 0) is 34.9 Å². The summed E-state index contributed by atoms with van der Waals surface area (Å²) in [6.07, 6.45) is 13.6. The van der Waals surface area contributed by atoms with Crippen molar-refractivity contribution in [2.24, 2.45) is 5.92 Å². The number of benzene rings is 2. The standard InChI is InChI=1S/C22H14BBrS/c23-15-7-9-20(24)18(12-15)14-6-10-21-19(11-14)17-8-5-13-3-1-2-4-16(13)22(17)25-21/h1-13,16H. The van der Waals surface area contributed by atoms with Gasteiger partial charge in [-0.2, -0.15) is 0 Å². The van der Waals surface area contributed by atoms with Gasteiger partial charge in [0.2, 0.25) is 0 Å². The molecule has 2 aromatic carbocycles. The number of hydrogen-bond donors (Lipinski definition) is 0. The van der Waals surface area contributed by atoms with Crippen LogP contribution in [0.3, 0.4) is 0 Å². The molecule has 0 spiro atoms. The predicted octanol–water partition coefficient (Wildman–Crippen LogP) is 5.98. The molecule has 1 aromatic heterocycles. The average molecular weight is 401 g/mol. The minimum Gasteiger partial charge on any atom is -0.139 e. The van der Waals surface area contributed by atoms with Crippen LogP contribution in [-0.2, 0) is 0 Å². The van der Waals surface area contributed by atoms with Crippen molar-refractivity contribution < 1.29 is 0 Å². The molecule has 0 amide bonds. The zero-order chi connectivity index (χ0) is 17.0. The van der Waals surface area contributed by atoms with E-state index in [0.29, 0.717) is 11.8 Å². The molecule has 0 saturated heterocycles. The molecule has 0 saturated carbocycles. The highest BCUT2D eigenvalue weighted by Crippen LogP contribution is 2.46. The lowest BCUT2D eigenvalue weighted by Crippen LogP contribution is -2.11. The molecule has 0 N–H and O–H groups in total. The first-order valence-corrected chi connectivity index (χ1v) is 9.97. The lowest BCUT2D eigenvalue weighted by Gasteiger charge is -2.24. The van der Waals surface area contributed by atoms with Crippen molar-refractivity contribution in [3.05, 3.63) is 81.7 Å². The normalized spacial score (nSPS) is 20.7. The highest BCUT2D eigenvalue weighted by Gasteiger charge is 2.27. The third kappa shape index (κ3) is 2.49. The van der Waals surface area contributed by atoms with Crippen molar-refractivity contribution in [2.75, 3.05) is 0 Å². The summed E-state index contributed by atoms with van der Waals surface area (Å²) >= 11 is 5.58. The van der Waals surface area contributed by atoms with Crippen LogP contribution in [0.5, 0.6) is 0 Å². The van der Waals surface area contributed by atoms with Crippen LogP contribution in [0.2, 0.25) is 0 Å². The van der Waals surface area contributed by atoms with Gasteiger partial charge in [-0.1, -0.05) is 76.0 Å². The Kier molecular flexibility index (Phi) is 3.61. The largest absolute Gasteiger partial charge is 0.139 e. The summed E-state index contributed by atoms with van der Waals surface area (Å²) in [6.45, 7) is 0. The van der Waals surface area contributed by atoms with Gasteiger partial charge < -0.3 is 0 Å². The molecule has 118 valence electrons. The first kappa shape index (κ1) is 15.4. The van der Waals surface area contributed by atoms with Crippen LogP contribution in [-0.4, -0.2) is 7.85 Å². The molecule has 5 rings (SSSR count). The predicted molar refractivity (Wildman–Crippen MR) is 114 cm³/mol. The Morgan fingerprint density at radius 2 is 1.84 bits per heavy atom. The van der Waals surface area contributed by atoms with Gasteiger partial charge >= 0.3 is 0 Å². The number of hydrogen-bond acceptors (Lipinski definition) is 1. The fraction of sp³-hybridized carbons (Fsp3) is 0.0909. The minimum atomic E-state index is 0.477. The molecule has 25 heavy (non-hydrogen) atoms. The fourth-order valence-corrected chi connectivity index (χ4v) is 5.55. The van der Waals surface area contributed by atoms with Crippen LogP contribution in [0.15, 0.2) is 71.3 Å². The molecule has 2 aliphatic rings. The third-order valence-electron chi connectivity index (χ3n) is 5.02. The number of halogens is 1. The Morgan fingerprint density at radius 3 is 2.76 bits per heavy atom. The number of fused-ring (bicyclic) bond motifs is 5. The Morgan fingerprint density at radius 1 is 0.960 bits per heavy atom. The van der Waals surface area contributed by atoms with Crippen molar-refractivity contribution in [2.45, 2.75) is 5.92 Å². The minimum absolute atomic E-state index is 0.477. The second-order valence-corrected chi connectivity index (χ2v) is 8.50. The Labute approximate surface area is 161 Å². The van der Waals surface area contributed by atoms with Gasteiger partial charge in [0, 0.05) is 31.3 Å². The van der Waals surface area contributed by atoms with Crippen LogP contribution >= 0.6 is 27.3 Å². The van der Waals surface area contributed by atoms with E-state index in [1.54, 1.807) is 0 Å². The van der Waals surface area contributed by atoms with E-state index in [0.717, 1.165) is 15.5 Å². The van der Waals surface area contributed by atoms with E-state index in [2.05, 4.69) is 70.6 Å². The Balaban J connectivity index is 1.70. The van der Waals surface area contributed by atoms with E-state index < -0.39 is 0 Å². The first-order valence-electron chi connectivity index (χ1n) is 8.36. The molecule has 0 nitrogen and oxygen atoms in total. The molecular weight excluding hydrogens is 387 g/mol. The highest BCUT2D eigenvalue weighted by atomic mass is 79.9. The van der Waals surface area contributed by atoms with Crippen LogP contribution < -0.4 is 5.46 Å². The highest BCUT2D eigenvalue weighted by molar-refractivity contribution is 9.10. The fourth-order valence-electron chi connectivity index (χ4n) is 3.76. The van der Waals surface area contributed by atoms with Crippen molar-refractivity contribution in [1.82, 2.24) is 0 Å². The quantitative estimate of drug-likeness (QED) is 0.441. The maximum Gasteiger partial charge on any atom is 0.113 e. The smallest absolute Gasteiger partial charge is 0.113 e. The van der Waals surface area contributed by atoms with Gasteiger partial charge in [0.05, 0.1) is 0 Å². The van der Waals surface area contributed by atoms with E-state index in [4.69, 9.17) is 7.85 Å². The van der Waals surface area contributed by atoms with E-state index in [9.17, 15) is 0 Å². The second kappa shape index (κ2) is 5.86. The zero-order valence-electron chi connectivity index (χ0n) is 13.4. The van der Waals surface area contributed by atoms with E-state index in [1.807, 2.05) is 29.5 Å². The Bertz CT molecular complexity index is 1090. The maximum absolute atomic E-state index is 6.00. The van der Waals surface area contributed by atoms with E-state index in [1.165, 1.54) is 26.1 Å². The SMILES string of the molecule is [B]c1ccc(Br)c(-c2ccc3sc4c(c3c2)C=CC2C=CC=CC42)c1. The molecule has 0 aliphatic heterocycles. The van der Waals surface area contributed by atoms with Crippen molar-refractivity contribution >= 4 is 56.7 Å². The lowest BCUT2D eigenvalue weighted by molar-refractivity contribution is 0.705. The van der Waals surface area contributed by atoms with Gasteiger partial charge in [-0.15, -0.1) is 11.3 Å². The third-order valence-corrected chi connectivity index (χ3v) is 7.00. The van der Waals surface area contributed by atoms with Crippen LogP contribution in [0.25, 0.3) is 27.3 Å². The summed E-state index contributed by atoms with van der Waals surface area (Å²) in [6, 6.07) is 12.7. The van der Waals surface area contributed by atoms with E-state index >= 15 is 0 Å². The molecule has 3 aromatic rings. The topological polar surface area (TPSA) is 0 Å². The average Bonchev–Trinajstić information content (AvgIpc) is 3.02. The van der Waals surface area contributed by atoms with Crippen LogP contribution in [0.4, 0.5) is 0 Å². The van der Waals surface area contributed by atoms with Gasteiger partial charge in [0.15, 0.2) is 0 Å². The molecule has 3 heteroatoms. The molecule has 2 radical (unpaired) electrons. The summed E-state index contributed by atoms with van der Waals surface area (Å²) in [7, 11) is 6.00. The van der Waals surface area contributed by atoms with Crippen LogP contribution in [0.1, 0.15) is 16.4 Å². The Hall–Kier alpha value is -1.84. The summed E-state index contributed by atoms with van der Waals surface area (Å²) in [5.74, 6) is 0.970. The summed E-state index contributed by atoms with van der Waals surface area (Å²) < 4.78 is 2.42. The number of thiophene rings is 1. The summed E-state index contributed by atoms with van der Waals surface area (Å²) in [5.41, 5.74) is 4.50. The molecule has 0 fully saturated rings. The van der Waals surface area contributed by atoms with Crippen molar-refractivity contribution in [3.8, 4) is 11.1 Å². The molecule has 1 heterocycles. The van der Waals surface area contributed by atoms with Gasteiger partial charge in [0.1, 0.15) is 7.85 Å². The number of allylic oxidation sites excluding steroid dienone is 5. The summed E-state index contributed by atoms with van der Waals surface area (Å²) in [4.78, 5) is 1.48. The van der Waals surface area contributed by atoms with Crippen molar-refractivity contribution in [3.63, 3.8) is 0 Å². The second-order valence-electron chi connectivity index (χ2n) is 6.56. The van der Waals surface area contributed by atoms with Gasteiger partial charge in [0.25, 0.3) is 0 Å². The molecule has 2 atom stereocenters. The van der Waals surface area contributed by atoms with Gasteiger partial charge in [-0.25, -0.2) is 0 Å². The summed E-state index contributed by atoms with van der Waals surface area (Å²) in [5, 5.41) is 1.34. The lowest BCUT2D eigenvalue weighted by atomic mass is 9.81. The maximum atomic E-state index is 6.00. The number of rotatable bonds is 1. The molecule has 0 bridgehead atoms. The monoisotopic (exact) mass is 400 g/mol. The van der Waals surface area contributed by atoms with E-state index in [-0.39, 0.29) is 0 Å². The van der Waals surface area contributed by atoms with Crippen molar-refractivity contribution in [1.29, 1.82) is 0 Å². The zero-order valence-corrected chi connectivity index (χ0v) is 15.8. The molecule has 2 aliphatic carbocycles. The molecular formula is C22H14BBrS. The van der Waals surface area contributed by atoms with Crippen LogP contribution in [0, 0.1) is 5.92 Å².